The minimum atomic E-state index is 0.0232. The molecule has 8 heteroatoms. The van der Waals surface area contributed by atoms with Crippen LogP contribution in [0.25, 0.3) is 6.08 Å². The average Bonchev–Trinajstić information content (AvgIpc) is 3.38. The summed E-state index contributed by atoms with van der Waals surface area (Å²) in [4.78, 5) is 24.9. The van der Waals surface area contributed by atoms with Crippen molar-refractivity contribution < 1.29 is 14.3 Å². The molecule has 30 heavy (non-hydrogen) atoms. The predicted molar refractivity (Wildman–Crippen MR) is 123 cm³/mol. The number of amidine groups is 1. The van der Waals surface area contributed by atoms with Crippen molar-refractivity contribution in [3.05, 3.63) is 40.2 Å². The highest BCUT2D eigenvalue weighted by atomic mass is 32.2. The van der Waals surface area contributed by atoms with Gasteiger partial charge in [-0.1, -0.05) is 25.3 Å². The Morgan fingerprint density at radius 2 is 2.10 bits per heavy atom. The molecule has 0 bridgehead atoms. The molecule has 6 nitrogen and oxygen atoms in total. The Bertz CT molecular complexity index is 951. The summed E-state index contributed by atoms with van der Waals surface area (Å²) < 4.78 is 11.0. The lowest BCUT2D eigenvalue weighted by atomic mass is 9.94. The molecule has 2 aliphatic rings. The number of rotatable bonds is 6. The molecule has 0 atom stereocenters. The molecular formula is C22H25N3O3S2. The second kappa shape index (κ2) is 9.66. The van der Waals surface area contributed by atoms with Crippen LogP contribution in [0.15, 0.2) is 39.7 Å². The van der Waals surface area contributed by atoms with Gasteiger partial charge in [0.2, 0.25) is 5.13 Å². The van der Waals surface area contributed by atoms with Gasteiger partial charge in [0.05, 0.1) is 18.6 Å². The molecule has 2 heterocycles. The van der Waals surface area contributed by atoms with E-state index in [0.717, 1.165) is 36.4 Å². The highest BCUT2D eigenvalue weighted by molar-refractivity contribution is 8.18. The summed E-state index contributed by atoms with van der Waals surface area (Å²) in [5.74, 6) is 1.37. The SMILES string of the molecule is CCOc1ccc(/C=C2\S/C(=N/c3nccs3)N(C3CCCCC3)C2=O)cc1OC. The smallest absolute Gasteiger partial charge is 0.267 e. The second-order valence-electron chi connectivity index (χ2n) is 7.13. The van der Waals surface area contributed by atoms with Gasteiger partial charge < -0.3 is 9.47 Å². The van der Waals surface area contributed by atoms with Crippen molar-refractivity contribution in [2.24, 2.45) is 4.99 Å². The molecule has 1 aliphatic heterocycles. The number of hydrogen-bond acceptors (Lipinski definition) is 7. The number of carbonyl (C=O) groups is 1. The number of carbonyl (C=O) groups excluding carboxylic acids is 1. The number of thiazole rings is 1. The molecule has 4 rings (SSSR count). The van der Waals surface area contributed by atoms with Crippen molar-refractivity contribution in [2.45, 2.75) is 45.1 Å². The van der Waals surface area contributed by atoms with Crippen LogP contribution in [0.1, 0.15) is 44.6 Å². The van der Waals surface area contributed by atoms with E-state index in [0.29, 0.717) is 28.1 Å². The van der Waals surface area contributed by atoms with E-state index in [1.807, 2.05) is 41.5 Å². The van der Waals surface area contributed by atoms with E-state index in [2.05, 4.69) is 4.98 Å². The topological polar surface area (TPSA) is 64.0 Å². The Kier molecular flexibility index (Phi) is 6.74. The molecule has 1 aromatic carbocycles. The second-order valence-corrected chi connectivity index (χ2v) is 9.01. The largest absolute Gasteiger partial charge is 0.493 e. The summed E-state index contributed by atoms with van der Waals surface area (Å²) in [7, 11) is 1.62. The standard InChI is InChI=1S/C22H25N3O3S2/c1-3-28-17-10-9-15(13-18(17)27-2)14-19-20(26)25(16-7-5-4-6-8-16)22(30-19)24-21-23-11-12-29-21/h9-14,16H,3-8H2,1-2H3/b19-14-,24-22+. The fourth-order valence-electron chi connectivity index (χ4n) is 3.78. The number of methoxy groups -OCH3 is 1. The molecule has 1 saturated heterocycles. The number of thioether (sulfide) groups is 1. The highest BCUT2D eigenvalue weighted by Crippen LogP contribution is 2.39. The van der Waals surface area contributed by atoms with Crippen LogP contribution in [0.5, 0.6) is 11.5 Å². The minimum absolute atomic E-state index is 0.0232. The molecule has 2 fully saturated rings. The summed E-state index contributed by atoms with van der Waals surface area (Å²) in [6.07, 6.45) is 9.22. The van der Waals surface area contributed by atoms with E-state index in [4.69, 9.17) is 14.5 Å². The van der Waals surface area contributed by atoms with Crippen LogP contribution in [0.2, 0.25) is 0 Å². The van der Waals surface area contributed by atoms with Gasteiger partial charge in [-0.15, -0.1) is 11.3 Å². The summed E-state index contributed by atoms with van der Waals surface area (Å²) in [6, 6.07) is 5.92. The first-order valence-electron chi connectivity index (χ1n) is 10.2. The van der Waals surface area contributed by atoms with Gasteiger partial charge in [-0.2, -0.15) is 4.99 Å². The zero-order valence-corrected chi connectivity index (χ0v) is 18.8. The minimum Gasteiger partial charge on any atom is -0.493 e. The molecular weight excluding hydrogens is 418 g/mol. The molecule has 1 saturated carbocycles. The first-order valence-corrected chi connectivity index (χ1v) is 11.9. The van der Waals surface area contributed by atoms with Crippen LogP contribution in [-0.4, -0.2) is 40.7 Å². The third-order valence-corrected chi connectivity index (χ3v) is 6.82. The van der Waals surface area contributed by atoms with Gasteiger partial charge in [-0.25, -0.2) is 4.98 Å². The average molecular weight is 444 g/mol. The van der Waals surface area contributed by atoms with E-state index in [-0.39, 0.29) is 11.9 Å². The van der Waals surface area contributed by atoms with Crippen molar-refractivity contribution in [1.82, 2.24) is 9.88 Å². The third-order valence-electron chi connectivity index (χ3n) is 5.17. The molecule has 1 aliphatic carbocycles. The lowest BCUT2D eigenvalue weighted by molar-refractivity contribution is -0.124. The Balaban J connectivity index is 1.66. The molecule has 2 aromatic rings. The van der Waals surface area contributed by atoms with Gasteiger partial charge in [0.1, 0.15) is 0 Å². The number of amides is 1. The molecule has 0 unspecified atom stereocenters. The van der Waals surface area contributed by atoms with Crippen LogP contribution in [-0.2, 0) is 4.79 Å². The molecule has 1 amide bonds. The van der Waals surface area contributed by atoms with Crippen molar-refractivity contribution in [3.8, 4) is 11.5 Å². The number of nitrogens with zero attached hydrogens (tertiary/aromatic N) is 3. The number of ether oxygens (including phenoxy) is 2. The summed E-state index contributed by atoms with van der Waals surface area (Å²) in [5, 5.41) is 3.30. The van der Waals surface area contributed by atoms with Crippen molar-refractivity contribution in [1.29, 1.82) is 0 Å². The first kappa shape index (κ1) is 20.9. The van der Waals surface area contributed by atoms with Gasteiger partial charge in [-0.05, 0) is 55.3 Å². The number of benzene rings is 1. The van der Waals surface area contributed by atoms with Crippen LogP contribution in [0.4, 0.5) is 5.13 Å². The Hall–Kier alpha value is -2.32. The summed E-state index contributed by atoms with van der Waals surface area (Å²) in [5.41, 5.74) is 0.894. The zero-order chi connectivity index (χ0) is 20.9. The van der Waals surface area contributed by atoms with Gasteiger partial charge in [0, 0.05) is 17.6 Å². The lowest BCUT2D eigenvalue weighted by Crippen LogP contribution is -2.40. The monoisotopic (exact) mass is 443 g/mol. The zero-order valence-electron chi connectivity index (χ0n) is 17.2. The predicted octanol–water partition coefficient (Wildman–Crippen LogP) is 5.49. The van der Waals surface area contributed by atoms with E-state index in [1.54, 1.807) is 13.3 Å². The van der Waals surface area contributed by atoms with E-state index >= 15 is 0 Å². The maximum atomic E-state index is 13.4. The molecule has 1 aromatic heterocycles. The van der Waals surface area contributed by atoms with Crippen LogP contribution in [0.3, 0.4) is 0 Å². The molecule has 158 valence electrons. The maximum Gasteiger partial charge on any atom is 0.267 e. The number of aliphatic imine (C=N–C) groups is 1. The lowest BCUT2D eigenvalue weighted by Gasteiger charge is -2.30. The Morgan fingerprint density at radius 1 is 1.27 bits per heavy atom. The summed E-state index contributed by atoms with van der Waals surface area (Å²) >= 11 is 2.90. The number of hydrogen-bond donors (Lipinski definition) is 0. The number of aromatic nitrogens is 1. The van der Waals surface area contributed by atoms with Crippen molar-refractivity contribution in [3.63, 3.8) is 0 Å². The van der Waals surface area contributed by atoms with E-state index in [9.17, 15) is 4.79 Å². The third kappa shape index (κ3) is 4.54. The molecule has 0 spiro atoms. The summed E-state index contributed by atoms with van der Waals surface area (Å²) in [6.45, 7) is 2.50. The fourth-order valence-corrected chi connectivity index (χ4v) is 5.38. The van der Waals surface area contributed by atoms with Gasteiger partial charge in [-0.3, -0.25) is 9.69 Å². The Morgan fingerprint density at radius 3 is 2.80 bits per heavy atom. The van der Waals surface area contributed by atoms with Crippen molar-refractivity contribution in [2.75, 3.05) is 13.7 Å². The maximum absolute atomic E-state index is 13.4. The fraction of sp³-hybridized carbons (Fsp3) is 0.409. The van der Waals surface area contributed by atoms with E-state index in [1.165, 1.54) is 29.5 Å². The highest BCUT2D eigenvalue weighted by Gasteiger charge is 2.38. The van der Waals surface area contributed by atoms with E-state index < -0.39 is 0 Å². The molecule has 0 radical (unpaired) electrons. The molecule has 0 N–H and O–H groups in total. The van der Waals surface area contributed by atoms with Gasteiger partial charge in [0.15, 0.2) is 16.7 Å². The van der Waals surface area contributed by atoms with Gasteiger partial charge >= 0.3 is 0 Å². The van der Waals surface area contributed by atoms with Crippen LogP contribution >= 0.6 is 23.1 Å². The van der Waals surface area contributed by atoms with Crippen LogP contribution < -0.4 is 9.47 Å². The normalized spacial score (nSPS) is 20.3. The van der Waals surface area contributed by atoms with Gasteiger partial charge in [0.25, 0.3) is 5.91 Å². The first-order chi connectivity index (χ1) is 14.7. The Labute approximate surface area is 185 Å². The van der Waals surface area contributed by atoms with Crippen molar-refractivity contribution >= 4 is 45.4 Å². The quantitative estimate of drug-likeness (QED) is 0.553. The van der Waals surface area contributed by atoms with Crippen LogP contribution in [0, 0.1) is 0 Å².